The lowest BCUT2D eigenvalue weighted by Crippen LogP contribution is -2.14. The smallest absolute Gasteiger partial charge is 0.261 e. The Morgan fingerprint density at radius 3 is 2.80 bits per heavy atom. The molecule has 0 aliphatic rings. The molecule has 3 aromatic rings. The summed E-state index contributed by atoms with van der Waals surface area (Å²) in [6, 6.07) is 7.00. The van der Waals surface area contributed by atoms with Gasteiger partial charge in [0, 0.05) is 29.0 Å². The van der Waals surface area contributed by atoms with Gasteiger partial charge in [0.15, 0.2) is 0 Å². The van der Waals surface area contributed by atoms with Gasteiger partial charge in [0.2, 0.25) is 0 Å². The van der Waals surface area contributed by atoms with Gasteiger partial charge in [-0.3, -0.25) is 9.78 Å². The molecule has 0 fully saturated rings. The van der Waals surface area contributed by atoms with E-state index >= 15 is 0 Å². The Hall–Kier alpha value is -2.86. The topological polar surface area (TPSA) is 77.2 Å². The van der Waals surface area contributed by atoms with E-state index in [0.29, 0.717) is 39.0 Å². The summed E-state index contributed by atoms with van der Waals surface area (Å²) in [6.07, 6.45) is 3.28. The van der Waals surface area contributed by atoms with Gasteiger partial charge in [0.25, 0.3) is 5.91 Å². The van der Waals surface area contributed by atoms with Crippen molar-refractivity contribution >= 4 is 23.2 Å². The number of nitrogens with one attached hydrogen (secondary N) is 1. The van der Waals surface area contributed by atoms with Crippen molar-refractivity contribution in [3.63, 3.8) is 0 Å². The summed E-state index contributed by atoms with van der Waals surface area (Å²) in [5.41, 5.74) is 2.83. The molecule has 0 saturated carbocycles. The fourth-order valence-corrected chi connectivity index (χ4v) is 2.61. The van der Waals surface area contributed by atoms with Gasteiger partial charge in [0.1, 0.15) is 22.8 Å². The van der Waals surface area contributed by atoms with Gasteiger partial charge in [-0.05, 0) is 37.6 Å². The van der Waals surface area contributed by atoms with Gasteiger partial charge >= 0.3 is 0 Å². The van der Waals surface area contributed by atoms with Crippen LogP contribution in [0.15, 0.2) is 41.2 Å². The second kappa shape index (κ2) is 6.94. The number of hydrogen-bond donors (Lipinski definition) is 1. The molecule has 3 rings (SSSR count). The van der Waals surface area contributed by atoms with E-state index in [1.54, 1.807) is 37.5 Å². The maximum atomic E-state index is 12.8. The van der Waals surface area contributed by atoms with E-state index in [0.717, 1.165) is 5.56 Å². The minimum absolute atomic E-state index is 0.349. The molecule has 2 aromatic heterocycles. The molecule has 0 unspecified atom stereocenters. The summed E-state index contributed by atoms with van der Waals surface area (Å²) >= 11 is 6.11. The van der Waals surface area contributed by atoms with Gasteiger partial charge in [-0.15, -0.1) is 0 Å². The standard InChI is InChI=1S/C18H16ClN3O3/c1-10-7-14(15(24-3)8-13(10)19)21-18(23)16-11(2)25-22-17(16)12-5-4-6-20-9-12/h4-9H,1-3H3,(H,21,23). The number of benzene rings is 1. The van der Waals surface area contributed by atoms with Gasteiger partial charge in [-0.1, -0.05) is 16.8 Å². The highest BCUT2D eigenvalue weighted by Crippen LogP contribution is 2.32. The van der Waals surface area contributed by atoms with Crippen LogP contribution in [0.2, 0.25) is 5.02 Å². The van der Waals surface area contributed by atoms with Crippen molar-refractivity contribution in [3.8, 4) is 17.0 Å². The number of rotatable bonds is 4. The number of methoxy groups -OCH3 is 1. The van der Waals surface area contributed by atoms with Gasteiger partial charge < -0.3 is 14.6 Å². The highest BCUT2D eigenvalue weighted by molar-refractivity contribution is 6.31. The quantitative estimate of drug-likeness (QED) is 0.754. The first kappa shape index (κ1) is 17.0. The second-order valence-corrected chi connectivity index (χ2v) is 5.87. The van der Waals surface area contributed by atoms with Crippen LogP contribution in [-0.2, 0) is 0 Å². The molecule has 0 radical (unpaired) electrons. The number of anilines is 1. The molecule has 1 aromatic carbocycles. The summed E-state index contributed by atoms with van der Waals surface area (Å²) in [4.78, 5) is 16.9. The molecule has 0 atom stereocenters. The molecule has 0 bridgehead atoms. The SMILES string of the molecule is COc1cc(Cl)c(C)cc1NC(=O)c1c(-c2cccnc2)noc1C. The number of carbonyl (C=O) groups excluding carboxylic acids is 1. The molecule has 0 aliphatic heterocycles. The molecule has 0 aliphatic carbocycles. The lowest BCUT2D eigenvalue weighted by Gasteiger charge is -2.12. The van der Waals surface area contributed by atoms with Crippen molar-refractivity contribution in [1.29, 1.82) is 0 Å². The maximum Gasteiger partial charge on any atom is 0.261 e. The van der Waals surface area contributed by atoms with Crippen molar-refractivity contribution < 1.29 is 14.1 Å². The van der Waals surface area contributed by atoms with Crippen molar-refractivity contribution in [3.05, 3.63) is 58.6 Å². The summed E-state index contributed by atoms with van der Waals surface area (Å²) in [7, 11) is 1.52. The summed E-state index contributed by atoms with van der Waals surface area (Å²) in [5.74, 6) is 0.541. The monoisotopic (exact) mass is 357 g/mol. The molecule has 6 nitrogen and oxygen atoms in total. The molecule has 7 heteroatoms. The van der Waals surface area contributed by atoms with E-state index in [4.69, 9.17) is 20.9 Å². The predicted octanol–water partition coefficient (Wildman–Crippen LogP) is 4.27. The third-order valence-electron chi connectivity index (χ3n) is 3.75. The minimum atomic E-state index is -0.349. The third-order valence-corrected chi connectivity index (χ3v) is 4.16. The van der Waals surface area contributed by atoms with Crippen LogP contribution in [0.1, 0.15) is 21.7 Å². The summed E-state index contributed by atoms with van der Waals surface area (Å²) in [5, 5.41) is 7.40. The van der Waals surface area contributed by atoms with E-state index in [9.17, 15) is 4.79 Å². The summed E-state index contributed by atoms with van der Waals surface area (Å²) < 4.78 is 10.5. The average molecular weight is 358 g/mol. The van der Waals surface area contributed by atoms with Crippen molar-refractivity contribution in [1.82, 2.24) is 10.1 Å². The van der Waals surface area contributed by atoms with Crippen LogP contribution in [0.3, 0.4) is 0 Å². The first-order chi connectivity index (χ1) is 12.0. The van der Waals surface area contributed by atoms with E-state index in [-0.39, 0.29) is 5.91 Å². The summed E-state index contributed by atoms with van der Waals surface area (Å²) in [6.45, 7) is 3.54. The molecule has 1 N–H and O–H groups in total. The van der Waals surface area contributed by atoms with Crippen LogP contribution in [0.5, 0.6) is 5.75 Å². The number of ether oxygens (including phenoxy) is 1. The Labute approximate surface area is 149 Å². The number of hydrogen-bond acceptors (Lipinski definition) is 5. The fourth-order valence-electron chi connectivity index (χ4n) is 2.45. The maximum absolute atomic E-state index is 12.8. The largest absolute Gasteiger partial charge is 0.495 e. The minimum Gasteiger partial charge on any atom is -0.495 e. The zero-order chi connectivity index (χ0) is 18.0. The first-order valence-corrected chi connectivity index (χ1v) is 7.91. The van der Waals surface area contributed by atoms with Crippen LogP contribution in [0, 0.1) is 13.8 Å². The fraction of sp³-hybridized carbons (Fsp3) is 0.167. The van der Waals surface area contributed by atoms with E-state index in [1.165, 1.54) is 7.11 Å². The van der Waals surface area contributed by atoms with E-state index < -0.39 is 0 Å². The van der Waals surface area contributed by atoms with Crippen LogP contribution < -0.4 is 10.1 Å². The highest BCUT2D eigenvalue weighted by Gasteiger charge is 2.23. The lowest BCUT2D eigenvalue weighted by molar-refractivity contribution is 0.102. The molecule has 2 heterocycles. The van der Waals surface area contributed by atoms with Crippen LogP contribution in [-0.4, -0.2) is 23.2 Å². The number of aryl methyl sites for hydroxylation is 2. The molecule has 25 heavy (non-hydrogen) atoms. The van der Waals surface area contributed by atoms with E-state index in [1.807, 2.05) is 13.0 Å². The Morgan fingerprint density at radius 1 is 1.32 bits per heavy atom. The Balaban J connectivity index is 1.98. The second-order valence-electron chi connectivity index (χ2n) is 5.46. The third kappa shape index (κ3) is 3.34. The van der Waals surface area contributed by atoms with Crippen LogP contribution in [0.25, 0.3) is 11.3 Å². The average Bonchev–Trinajstić information content (AvgIpc) is 3.00. The highest BCUT2D eigenvalue weighted by atomic mass is 35.5. The number of nitrogens with zero attached hydrogens (tertiary/aromatic N) is 2. The first-order valence-electron chi connectivity index (χ1n) is 7.53. The zero-order valence-electron chi connectivity index (χ0n) is 14.0. The van der Waals surface area contributed by atoms with Gasteiger partial charge in [0.05, 0.1) is 12.8 Å². The number of halogens is 1. The van der Waals surface area contributed by atoms with Crippen molar-refractivity contribution in [2.24, 2.45) is 0 Å². The molecule has 1 amide bonds. The van der Waals surface area contributed by atoms with Crippen LogP contribution in [0.4, 0.5) is 5.69 Å². The van der Waals surface area contributed by atoms with Crippen LogP contribution >= 0.6 is 11.6 Å². The van der Waals surface area contributed by atoms with E-state index in [2.05, 4.69) is 15.5 Å². The Morgan fingerprint density at radius 2 is 2.12 bits per heavy atom. The predicted molar refractivity (Wildman–Crippen MR) is 95.2 cm³/mol. The van der Waals surface area contributed by atoms with Gasteiger partial charge in [-0.25, -0.2) is 0 Å². The molecule has 0 saturated heterocycles. The van der Waals surface area contributed by atoms with Gasteiger partial charge in [-0.2, -0.15) is 0 Å². The number of amides is 1. The number of aromatic nitrogens is 2. The lowest BCUT2D eigenvalue weighted by atomic mass is 10.1. The molecule has 0 spiro atoms. The number of carbonyl (C=O) groups is 1. The Bertz CT molecular complexity index is 923. The molecule has 128 valence electrons. The zero-order valence-corrected chi connectivity index (χ0v) is 14.7. The normalized spacial score (nSPS) is 10.6. The van der Waals surface area contributed by atoms with Crippen molar-refractivity contribution in [2.45, 2.75) is 13.8 Å². The molecular weight excluding hydrogens is 342 g/mol. The van der Waals surface area contributed by atoms with Crippen molar-refractivity contribution in [2.75, 3.05) is 12.4 Å². The Kier molecular flexibility index (Phi) is 4.72. The molecular formula is C18H16ClN3O3. The number of pyridine rings is 1.